The van der Waals surface area contributed by atoms with Gasteiger partial charge in [-0.25, -0.2) is 16.8 Å². The van der Waals surface area contributed by atoms with E-state index in [1.54, 1.807) is 0 Å². The second-order valence-electron chi connectivity index (χ2n) is 6.58. The third-order valence-corrected chi connectivity index (χ3v) is 8.00. The summed E-state index contributed by atoms with van der Waals surface area (Å²) in [5.74, 6) is 0.216. The van der Waals surface area contributed by atoms with Crippen molar-refractivity contribution in [3.8, 4) is 34.5 Å². The largest absolute Gasteiger partial charge is 0.508 e. The molecule has 0 bridgehead atoms. The van der Waals surface area contributed by atoms with Gasteiger partial charge in [0.05, 0.1) is 39.6 Å². The third kappa shape index (κ3) is 6.80. The van der Waals surface area contributed by atoms with Crippen LogP contribution >= 0.6 is 0 Å². The van der Waals surface area contributed by atoms with Crippen molar-refractivity contribution in [3.05, 3.63) is 46.2 Å². The second kappa shape index (κ2) is 10.5. The molecule has 0 aliphatic heterocycles. The molecule has 0 spiro atoms. The fourth-order valence-corrected chi connectivity index (χ4v) is 5.98. The van der Waals surface area contributed by atoms with Gasteiger partial charge in [-0.15, -0.1) is 0 Å². The number of rotatable bonds is 10. The van der Waals surface area contributed by atoms with Crippen LogP contribution < -0.4 is 18.9 Å². The maximum absolute atomic E-state index is 12.5. The number of hydrogen-bond acceptors (Lipinski definition) is 10. The standard InChI is InChI=1S/C21H24O10S2/c1-28-18-9-14(22)10-19(29-2)16(18)5-7-32(24,25)13-33(26,27)8-6-17-20(30-3)11-15(23)12-21(17)31-4/h5-12,22-23H,13H2,1-4H3. The molecule has 2 aromatic rings. The zero-order chi connectivity index (χ0) is 24.8. The molecule has 12 heteroatoms. The number of sulfone groups is 2. The normalized spacial score (nSPS) is 12.2. The summed E-state index contributed by atoms with van der Waals surface area (Å²) in [6, 6.07) is 5.03. The highest BCUT2D eigenvalue weighted by Gasteiger charge is 2.20. The topological polar surface area (TPSA) is 146 Å². The Balaban J connectivity index is 2.34. The summed E-state index contributed by atoms with van der Waals surface area (Å²) in [4.78, 5) is 0. The minimum absolute atomic E-state index is 0.132. The summed E-state index contributed by atoms with van der Waals surface area (Å²) in [6.45, 7) is 0. The van der Waals surface area contributed by atoms with Crippen LogP contribution in [0.15, 0.2) is 35.1 Å². The number of phenolic OH excluding ortho intramolecular Hbond substituents is 2. The van der Waals surface area contributed by atoms with Gasteiger partial charge in [0.1, 0.15) is 34.5 Å². The molecule has 0 amide bonds. The first kappa shape index (κ1) is 25.9. The average molecular weight is 501 g/mol. The Morgan fingerprint density at radius 3 is 1.15 bits per heavy atom. The van der Waals surface area contributed by atoms with Crippen molar-refractivity contribution >= 4 is 31.8 Å². The molecule has 2 rings (SSSR count). The minimum atomic E-state index is -4.24. The van der Waals surface area contributed by atoms with Crippen molar-refractivity contribution < 1.29 is 46.0 Å². The van der Waals surface area contributed by atoms with Crippen LogP contribution in [-0.2, 0) is 19.7 Å². The Labute approximate surface area is 192 Å². The van der Waals surface area contributed by atoms with Crippen molar-refractivity contribution in [1.82, 2.24) is 0 Å². The highest BCUT2D eigenvalue weighted by molar-refractivity contribution is 8.10. The van der Waals surface area contributed by atoms with E-state index in [9.17, 15) is 27.0 Å². The van der Waals surface area contributed by atoms with E-state index in [-0.39, 0.29) is 45.6 Å². The van der Waals surface area contributed by atoms with Gasteiger partial charge in [-0.3, -0.25) is 0 Å². The Morgan fingerprint density at radius 1 is 0.636 bits per heavy atom. The van der Waals surface area contributed by atoms with E-state index in [0.29, 0.717) is 0 Å². The Hall–Kier alpha value is -3.38. The molecule has 10 nitrogen and oxygen atoms in total. The number of benzene rings is 2. The molecule has 0 aliphatic carbocycles. The molecular weight excluding hydrogens is 476 g/mol. The first-order valence-corrected chi connectivity index (χ1v) is 12.6. The lowest BCUT2D eigenvalue weighted by Gasteiger charge is -2.11. The maximum atomic E-state index is 12.5. The number of hydrogen-bond donors (Lipinski definition) is 2. The predicted octanol–water partition coefficient (Wildman–Crippen LogP) is 2.56. The van der Waals surface area contributed by atoms with Crippen LogP contribution in [0.5, 0.6) is 34.5 Å². The Kier molecular flexibility index (Phi) is 8.23. The van der Waals surface area contributed by atoms with Gasteiger partial charge in [0.2, 0.25) is 0 Å². The van der Waals surface area contributed by atoms with Gasteiger partial charge in [-0.05, 0) is 12.2 Å². The molecule has 0 saturated carbocycles. The number of phenols is 2. The number of aromatic hydroxyl groups is 2. The first-order chi connectivity index (χ1) is 15.4. The van der Waals surface area contributed by atoms with Crippen LogP contribution in [0.25, 0.3) is 12.2 Å². The third-order valence-electron chi connectivity index (χ3n) is 4.27. The molecule has 0 aliphatic rings. The van der Waals surface area contributed by atoms with E-state index in [4.69, 9.17) is 18.9 Å². The summed E-state index contributed by atoms with van der Waals surface area (Å²) in [6.07, 6.45) is 2.25. The zero-order valence-electron chi connectivity index (χ0n) is 18.3. The van der Waals surface area contributed by atoms with E-state index in [1.165, 1.54) is 52.7 Å². The molecule has 33 heavy (non-hydrogen) atoms. The molecule has 0 heterocycles. The number of ether oxygens (including phenoxy) is 4. The monoisotopic (exact) mass is 500 g/mol. The molecule has 0 atom stereocenters. The van der Waals surface area contributed by atoms with Gasteiger partial charge in [0.25, 0.3) is 0 Å². The smallest absolute Gasteiger partial charge is 0.186 e. The molecule has 0 aromatic heterocycles. The van der Waals surface area contributed by atoms with Gasteiger partial charge in [0, 0.05) is 35.1 Å². The summed E-state index contributed by atoms with van der Waals surface area (Å²) in [7, 11) is -3.19. The van der Waals surface area contributed by atoms with E-state index < -0.39 is 24.8 Å². The lowest BCUT2D eigenvalue weighted by atomic mass is 10.1. The SMILES string of the molecule is COc1cc(O)cc(OC)c1C=CS(=O)(=O)CS(=O)(=O)C=Cc1c(OC)cc(O)cc1OC. The van der Waals surface area contributed by atoms with E-state index in [0.717, 1.165) is 23.0 Å². The highest BCUT2D eigenvalue weighted by atomic mass is 32.3. The van der Waals surface area contributed by atoms with Crippen LogP contribution in [0.2, 0.25) is 0 Å². The fourth-order valence-electron chi connectivity index (χ4n) is 2.83. The first-order valence-electron chi connectivity index (χ1n) is 9.17. The van der Waals surface area contributed by atoms with Crippen molar-refractivity contribution in [2.75, 3.05) is 33.5 Å². The van der Waals surface area contributed by atoms with Crippen LogP contribution in [-0.4, -0.2) is 60.6 Å². The average Bonchev–Trinajstić information content (AvgIpc) is 2.75. The van der Waals surface area contributed by atoms with Crippen molar-refractivity contribution in [3.63, 3.8) is 0 Å². The lowest BCUT2D eigenvalue weighted by Crippen LogP contribution is -2.12. The van der Waals surface area contributed by atoms with Crippen LogP contribution in [0.1, 0.15) is 11.1 Å². The van der Waals surface area contributed by atoms with Gasteiger partial charge in [-0.1, -0.05) is 0 Å². The van der Waals surface area contributed by atoms with Gasteiger partial charge < -0.3 is 29.2 Å². The van der Waals surface area contributed by atoms with Crippen LogP contribution in [0.4, 0.5) is 0 Å². The van der Waals surface area contributed by atoms with Gasteiger partial charge >= 0.3 is 0 Å². The fraction of sp³-hybridized carbons (Fsp3) is 0.238. The number of methoxy groups -OCH3 is 4. The van der Waals surface area contributed by atoms with Crippen molar-refractivity contribution in [2.45, 2.75) is 0 Å². The Bertz CT molecular complexity index is 1130. The van der Waals surface area contributed by atoms with E-state index in [2.05, 4.69) is 0 Å². The summed E-state index contributed by atoms with van der Waals surface area (Å²) >= 11 is 0. The van der Waals surface area contributed by atoms with Crippen LogP contribution in [0, 0.1) is 0 Å². The van der Waals surface area contributed by atoms with Crippen molar-refractivity contribution in [1.29, 1.82) is 0 Å². The summed E-state index contributed by atoms with van der Waals surface area (Å²) in [5, 5.41) is 19.6. The molecule has 0 unspecified atom stereocenters. The molecule has 0 saturated heterocycles. The molecule has 0 fully saturated rings. The van der Waals surface area contributed by atoms with Crippen molar-refractivity contribution in [2.24, 2.45) is 0 Å². The minimum Gasteiger partial charge on any atom is -0.508 e. The van der Waals surface area contributed by atoms with Gasteiger partial charge in [-0.2, -0.15) is 0 Å². The summed E-state index contributed by atoms with van der Waals surface area (Å²) < 4.78 is 70.4. The Morgan fingerprint density at radius 2 is 0.909 bits per heavy atom. The maximum Gasteiger partial charge on any atom is 0.186 e. The predicted molar refractivity (Wildman–Crippen MR) is 123 cm³/mol. The molecule has 180 valence electrons. The van der Waals surface area contributed by atoms with E-state index >= 15 is 0 Å². The summed E-state index contributed by atoms with van der Waals surface area (Å²) in [5.41, 5.74) is 0.403. The zero-order valence-corrected chi connectivity index (χ0v) is 19.9. The highest BCUT2D eigenvalue weighted by Crippen LogP contribution is 2.36. The molecule has 2 N–H and O–H groups in total. The lowest BCUT2D eigenvalue weighted by molar-refractivity contribution is 0.383. The van der Waals surface area contributed by atoms with E-state index in [1.807, 2.05) is 0 Å². The van der Waals surface area contributed by atoms with Gasteiger partial charge in [0.15, 0.2) is 24.8 Å². The van der Waals surface area contributed by atoms with Crippen LogP contribution in [0.3, 0.4) is 0 Å². The quantitative estimate of drug-likeness (QED) is 0.499. The molecular formula is C21H24O10S2. The second-order valence-corrected chi connectivity index (χ2v) is 10.7. The molecule has 0 radical (unpaired) electrons. The molecule has 2 aromatic carbocycles.